The van der Waals surface area contributed by atoms with Gasteiger partial charge in [0.15, 0.2) is 17.2 Å². The summed E-state index contributed by atoms with van der Waals surface area (Å²) in [6.45, 7) is 5.75. The van der Waals surface area contributed by atoms with Crippen LogP contribution in [-0.4, -0.2) is 39.7 Å². The fraction of sp³-hybridized carbons (Fsp3) is 0.250. The molecule has 10 heteroatoms. The Labute approximate surface area is 267 Å². The van der Waals surface area contributed by atoms with Crippen LogP contribution in [0, 0.1) is 5.92 Å². The summed E-state index contributed by atoms with van der Waals surface area (Å²) in [5.74, 6) is 1.33. The average Bonchev–Trinajstić information content (AvgIpc) is 3.48. The lowest BCUT2D eigenvalue weighted by Gasteiger charge is -2.19. The molecule has 0 saturated heterocycles. The molecule has 0 bridgehead atoms. The minimum absolute atomic E-state index is 0.103. The first-order chi connectivity index (χ1) is 22.5. The molecule has 0 aliphatic heterocycles. The average molecular weight is 618 g/mol. The maximum Gasteiger partial charge on any atom is 0.268 e. The summed E-state index contributed by atoms with van der Waals surface area (Å²) in [5.41, 5.74) is 17.6. The van der Waals surface area contributed by atoms with Crippen LogP contribution in [0.1, 0.15) is 31.4 Å². The SMILES string of the molecule is CC.COc1c(CC(CCN)CNCc2ccc(-n3c(-c4cccnc4N)nc4ccc(-c5ccccc5)nc43)cc2)c(=O)c1=O. The van der Waals surface area contributed by atoms with Crippen molar-refractivity contribution in [3.8, 4) is 34.1 Å². The number of methoxy groups -OCH3 is 1. The van der Waals surface area contributed by atoms with Crippen molar-refractivity contribution in [3.63, 3.8) is 0 Å². The fourth-order valence-corrected chi connectivity index (χ4v) is 5.56. The lowest BCUT2D eigenvalue weighted by Crippen LogP contribution is -2.38. The minimum Gasteiger partial charge on any atom is -0.492 e. The first kappa shape index (κ1) is 32.2. The van der Waals surface area contributed by atoms with E-state index < -0.39 is 10.9 Å². The number of nitrogens with two attached hydrogens (primary N) is 2. The number of benzene rings is 2. The van der Waals surface area contributed by atoms with Crippen LogP contribution in [0.15, 0.2) is 94.6 Å². The van der Waals surface area contributed by atoms with E-state index in [0.717, 1.165) is 40.0 Å². The molecule has 6 aromatic rings. The Hall–Kier alpha value is -5.19. The van der Waals surface area contributed by atoms with Gasteiger partial charge in [-0.15, -0.1) is 0 Å². The number of anilines is 1. The first-order valence-corrected chi connectivity index (χ1v) is 15.5. The van der Waals surface area contributed by atoms with Crippen molar-refractivity contribution in [2.45, 2.75) is 33.2 Å². The number of nitrogens with zero attached hydrogens (tertiary/aromatic N) is 4. The molecule has 3 aromatic carbocycles. The number of ether oxygens (including phenoxy) is 1. The van der Waals surface area contributed by atoms with Gasteiger partial charge in [0.05, 0.1) is 23.9 Å². The van der Waals surface area contributed by atoms with E-state index in [9.17, 15) is 9.59 Å². The Kier molecular flexibility index (Phi) is 10.3. The smallest absolute Gasteiger partial charge is 0.268 e. The van der Waals surface area contributed by atoms with E-state index in [-0.39, 0.29) is 11.7 Å². The molecule has 3 heterocycles. The highest BCUT2D eigenvalue weighted by Crippen LogP contribution is 2.31. The van der Waals surface area contributed by atoms with E-state index in [2.05, 4.69) is 22.4 Å². The van der Waals surface area contributed by atoms with Crippen molar-refractivity contribution in [3.05, 3.63) is 117 Å². The molecule has 1 atom stereocenters. The molecule has 46 heavy (non-hydrogen) atoms. The van der Waals surface area contributed by atoms with E-state index in [1.807, 2.05) is 85.1 Å². The molecule has 1 unspecified atom stereocenters. The Morgan fingerprint density at radius 2 is 1.67 bits per heavy atom. The van der Waals surface area contributed by atoms with Gasteiger partial charge in [0.25, 0.3) is 5.43 Å². The third-order valence-electron chi connectivity index (χ3n) is 7.84. The second-order valence-electron chi connectivity index (χ2n) is 10.7. The minimum atomic E-state index is -0.548. The van der Waals surface area contributed by atoms with Gasteiger partial charge < -0.3 is 21.5 Å². The Morgan fingerprint density at radius 1 is 0.913 bits per heavy atom. The lowest BCUT2D eigenvalue weighted by molar-refractivity contribution is 0.385. The zero-order chi connectivity index (χ0) is 32.6. The molecule has 5 N–H and O–H groups in total. The van der Waals surface area contributed by atoms with Crippen LogP contribution < -0.4 is 32.4 Å². The van der Waals surface area contributed by atoms with Crippen LogP contribution in [-0.2, 0) is 13.0 Å². The number of imidazole rings is 1. The Balaban J connectivity index is 0.00000204. The summed E-state index contributed by atoms with van der Waals surface area (Å²) in [6, 6.07) is 25.9. The molecule has 3 aromatic heterocycles. The van der Waals surface area contributed by atoms with Crippen LogP contribution in [0.5, 0.6) is 5.75 Å². The van der Waals surface area contributed by atoms with Gasteiger partial charge in [-0.1, -0.05) is 56.3 Å². The van der Waals surface area contributed by atoms with Crippen molar-refractivity contribution in [1.82, 2.24) is 24.8 Å². The molecular formula is C36H39N7O3. The van der Waals surface area contributed by atoms with E-state index in [4.69, 9.17) is 26.2 Å². The molecule has 0 spiro atoms. The molecule has 236 valence electrons. The zero-order valence-corrected chi connectivity index (χ0v) is 26.4. The number of aromatic nitrogens is 4. The van der Waals surface area contributed by atoms with Crippen LogP contribution in [0.2, 0.25) is 0 Å². The highest BCUT2D eigenvalue weighted by Gasteiger charge is 2.24. The van der Waals surface area contributed by atoms with Crippen molar-refractivity contribution in [2.75, 3.05) is 25.9 Å². The van der Waals surface area contributed by atoms with Crippen LogP contribution in [0.4, 0.5) is 5.82 Å². The number of pyridine rings is 2. The lowest BCUT2D eigenvalue weighted by atomic mass is 9.93. The summed E-state index contributed by atoms with van der Waals surface area (Å²) in [5, 5.41) is 3.48. The molecule has 0 aliphatic carbocycles. The molecule has 0 aliphatic rings. The van der Waals surface area contributed by atoms with Gasteiger partial charge in [-0.2, -0.15) is 0 Å². The zero-order valence-electron chi connectivity index (χ0n) is 26.4. The highest BCUT2D eigenvalue weighted by atomic mass is 16.5. The summed E-state index contributed by atoms with van der Waals surface area (Å²) in [7, 11) is 1.42. The standard InChI is InChI=1S/C34H33N7O3.C2H6/c1-44-31-26(29(42)30(31)43)18-22(15-16-35)20-37-19-21-9-11-24(12-10-21)41-33(25-8-5-17-38-32(25)36)40-28-14-13-27(39-34(28)41)23-6-3-2-4-7-23;1-2/h2-14,17,22,37H,15-16,18-20,35H2,1H3,(H2,36,38);1-2H3. The van der Waals surface area contributed by atoms with E-state index in [1.165, 1.54) is 7.11 Å². The maximum absolute atomic E-state index is 12.0. The largest absolute Gasteiger partial charge is 0.492 e. The molecule has 10 nitrogen and oxygen atoms in total. The number of rotatable bonds is 12. The Bertz CT molecular complexity index is 1980. The number of hydrogen-bond donors (Lipinski definition) is 3. The van der Waals surface area contributed by atoms with Crippen LogP contribution in [0.25, 0.3) is 39.5 Å². The quantitative estimate of drug-likeness (QED) is 0.167. The molecule has 0 saturated carbocycles. The third-order valence-corrected chi connectivity index (χ3v) is 7.84. The van der Waals surface area contributed by atoms with Crippen LogP contribution in [0.3, 0.4) is 0 Å². The number of nitrogen functional groups attached to an aromatic ring is 1. The highest BCUT2D eigenvalue weighted by molar-refractivity contribution is 5.84. The van der Waals surface area contributed by atoms with Crippen molar-refractivity contribution in [2.24, 2.45) is 11.7 Å². The number of fused-ring (bicyclic) bond motifs is 1. The topological polar surface area (TPSA) is 151 Å². The van der Waals surface area contributed by atoms with Gasteiger partial charge in [0, 0.05) is 24.0 Å². The summed E-state index contributed by atoms with van der Waals surface area (Å²) < 4.78 is 7.13. The van der Waals surface area contributed by atoms with Gasteiger partial charge in [-0.25, -0.2) is 15.0 Å². The van der Waals surface area contributed by atoms with E-state index in [1.54, 1.807) is 6.20 Å². The summed E-state index contributed by atoms with van der Waals surface area (Å²) in [4.78, 5) is 38.0. The molecule has 0 amide bonds. The number of hydrogen-bond acceptors (Lipinski definition) is 9. The van der Waals surface area contributed by atoms with Gasteiger partial charge in [0.2, 0.25) is 5.43 Å². The molecule has 0 radical (unpaired) electrons. The molecule has 0 fully saturated rings. The predicted molar refractivity (Wildman–Crippen MR) is 184 cm³/mol. The second-order valence-corrected chi connectivity index (χ2v) is 10.7. The van der Waals surface area contributed by atoms with E-state index >= 15 is 0 Å². The third kappa shape index (κ3) is 6.58. The van der Waals surface area contributed by atoms with E-state index in [0.29, 0.717) is 48.9 Å². The number of nitrogens with one attached hydrogen (secondary N) is 1. The van der Waals surface area contributed by atoms with Gasteiger partial charge >= 0.3 is 0 Å². The van der Waals surface area contributed by atoms with Crippen molar-refractivity contribution < 1.29 is 4.74 Å². The van der Waals surface area contributed by atoms with Crippen molar-refractivity contribution >= 4 is 17.0 Å². The predicted octanol–water partition coefficient (Wildman–Crippen LogP) is 4.66. The fourth-order valence-electron chi connectivity index (χ4n) is 5.56. The molecule has 6 rings (SSSR count). The normalized spacial score (nSPS) is 11.7. The first-order valence-electron chi connectivity index (χ1n) is 15.5. The van der Waals surface area contributed by atoms with Crippen molar-refractivity contribution in [1.29, 1.82) is 0 Å². The molecular weight excluding hydrogens is 578 g/mol. The van der Waals surface area contributed by atoms with Gasteiger partial charge in [0.1, 0.15) is 11.3 Å². The summed E-state index contributed by atoms with van der Waals surface area (Å²) >= 11 is 0. The van der Waals surface area contributed by atoms with Gasteiger partial charge in [-0.05, 0) is 73.8 Å². The van der Waals surface area contributed by atoms with Gasteiger partial charge in [-0.3, -0.25) is 14.2 Å². The maximum atomic E-state index is 12.0. The monoisotopic (exact) mass is 617 g/mol. The second kappa shape index (κ2) is 14.7. The van der Waals surface area contributed by atoms with Crippen LogP contribution >= 0.6 is 0 Å². The summed E-state index contributed by atoms with van der Waals surface area (Å²) in [6.07, 6.45) is 2.84. The Morgan fingerprint density at radius 3 is 2.37 bits per heavy atom.